The van der Waals surface area contributed by atoms with Gasteiger partial charge in [-0.2, -0.15) is 0 Å². The van der Waals surface area contributed by atoms with Gasteiger partial charge in [0.2, 0.25) is 10.0 Å². The summed E-state index contributed by atoms with van der Waals surface area (Å²) in [6.07, 6.45) is 0. The first-order valence-corrected chi connectivity index (χ1v) is 9.12. The van der Waals surface area contributed by atoms with Crippen LogP contribution in [0.4, 0.5) is 10.1 Å². The zero-order valence-corrected chi connectivity index (χ0v) is 13.2. The summed E-state index contributed by atoms with van der Waals surface area (Å²) in [6.45, 7) is 0. The number of hydrogen-bond donors (Lipinski definition) is 2. The van der Waals surface area contributed by atoms with E-state index in [2.05, 4.69) is 0 Å². The minimum atomic E-state index is -4.10. The van der Waals surface area contributed by atoms with Gasteiger partial charge in [0.1, 0.15) is 0 Å². The molecular weight excluding hydrogens is 355 g/mol. The lowest BCUT2D eigenvalue weighted by atomic mass is 10.3. The van der Waals surface area contributed by atoms with Crippen molar-refractivity contribution < 1.29 is 21.2 Å². The first kappa shape index (κ1) is 16.7. The van der Waals surface area contributed by atoms with Crippen LogP contribution in [0.3, 0.4) is 0 Å². The molecule has 10 heteroatoms. The van der Waals surface area contributed by atoms with E-state index in [-0.39, 0.29) is 20.5 Å². The molecule has 22 heavy (non-hydrogen) atoms. The van der Waals surface area contributed by atoms with Gasteiger partial charge in [-0.15, -0.1) is 0 Å². The molecule has 3 N–H and O–H groups in total. The molecular formula is C12H10ClFN2O4S2. The summed E-state index contributed by atoms with van der Waals surface area (Å²) in [4.78, 5) is -0.486. The lowest BCUT2D eigenvalue weighted by Gasteiger charge is -2.10. The van der Waals surface area contributed by atoms with Crippen molar-refractivity contribution in [3.8, 4) is 0 Å². The van der Waals surface area contributed by atoms with Gasteiger partial charge in [0.15, 0.2) is 5.82 Å². The quantitative estimate of drug-likeness (QED) is 0.864. The second-order valence-electron chi connectivity index (χ2n) is 4.22. The van der Waals surface area contributed by atoms with Crippen molar-refractivity contribution in [3.05, 3.63) is 53.3 Å². The Kier molecular flexibility index (Phi) is 4.43. The van der Waals surface area contributed by atoms with E-state index >= 15 is 0 Å². The van der Waals surface area contributed by atoms with Gasteiger partial charge in [0.25, 0.3) is 10.0 Å². The maximum Gasteiger partial charge on any atom is 0.261 e. The number of nitrogens with two attached hydrogens (primary N) is 1. The number of benzene rings is 2. The molecule has 0 unspecified atom stereocenters. The van der Waals surface area contributed by atoms with Crippen molar-refractivity contribution in [2.75, 3.05) is 4.72 Å². The van der Waals surface area contributed by atoms with E-state index in [1.165, 1.54) is 18.2 Å². The van der Waals surface area contributed by atoms with Crippen LogP contribution in [-0.2, 0) is 20.0 Å². The van der Waals surface area contributed by atoms with Crippen LogP contribution in [0.15, 0.2) is 52.3 Å². The van der Waals surface area contributed by atoms with Crippen LogP contribution in [0.5, 0.6) is 0 Å². The largest absolute Gasteiger partial charge is 0.277 e. The SMILES string of the molecule is NS(=O)(=O)c1ccc(S(=O)(=O)Nc2cccc(Cl)c2F)cc1. The Morgan fingerprint density at radius 1 is 0.955 bits per heavy atom. The van der Waals surface area contributed by atoms with Gasteiger partial charge < -0.3 is 0 Å². The fraction of sp³-hybridized carbons (Fsp3) is 0. The Balaban J connectivity index is 2.37. The lowest BCUT2D eigenvalue weighted by Crippen LogP contribution is -2.15. The van der Waals surface area contributed by atoms with E-state index in [0.717, 1.165) is 24.3 Å². The number of anilines is 1. The third kappa shape index (κ3) is 3.55. The Hall–Kier alpha value is -1.68. The third-order valence-electron chi connectivity index (χ3n) is 2.66. The van der Waals surface area contributed by atoms with E-state index < -0.39 is 25.9 Å². The van der Waals surface area contributed by atoms with Crippen molar-refractivity contribution in [2.45, 2.75) is 9.79 Å². The van der Waals surface area contributed by atoms with Crippen LogP contribution in [-0.4, -0.2) is 16.8 Å². The van der Waals surface area contributed by atoms with Gasteiger partial charge in [-0.3, -0.25) is 4.72 Å². The molecule has 0 aliphatic carbocycles. The Morgan fingerprint density at radius 3 is 2.05 bits per heavy atom. The summed E-state index contributed by atoms with van der Waals surface area (Å²) in [5.74, 6) is -0.908. The van der Waals surface area contributed by atoms with Gasteiger partial charge in [-0.1, -0.05) is 17.7 Å². The number of hydrogen-bond acceptors (Lipinski definition) is 4. The van der Waals surface area contributed by atoms with E-state index in [1.54, 1.807) is 0 Å². The highest BCUT2D eigenvalue weighted by atomic mass is 35.5. The molecule has 0 atom stereocenters. The molecule has 2 aromatic carbocycles. The summed E-state index contributed by atoms with van der Waals surface area (Å²) >= 11 is 5.57. The zero-order chi connectivity index (χ0) is 16.5. The van der Waals surface area contributed by atoms with Crippen molar-refractivity contribution in [3.63, 3.8) is 0 Å². The fourth-order valence-electron chi connectivity index (χ4n) is 1.59. The summed E-state index contributed by atoms with van der Waals surface area (Å²) in [5.41, 5.74) is -0.317. The van der Waals surface area contributed by atoms with Crippen molar-refractivity contribution in [1.82, 2.24) is 0 Å². The van der Waals surface area contributed by atoms with Crippen LogP contribution in [0.2, 0.25) is 5.02 Å². The first-order chi connectivity index (χ1) is 10.1. The highest BCUT2D eigenvalue weighted by Gasteiger charge is 2.18. The monoisotopic (exact) mass is 364 g/mol. The van der Waals surface area contributed by atoms with Gasteiger partial charge in [-0.25, -0.2) is 26.4 Å². The highest BCUT2D eigenvalue weighted by Crippen LogP contribution is 2.24. The third-order valence-corrected chi connectivity index (χ3v) is 5.26. The van der Waals surface area contributed by atoms with Crippen LogP contribution in [0.25, 0.3) is 0 Å². The molecule has 0 fully saturated rings. The Labute approximate surface area is 131 Å². The smallest absolute Gasteiger partial charge is 0.261 e. The van der Waals surface area contributed by atoms with Gasteiger partial charge >= 0.3 is 0 Å². The van der Waals surface area contributed by atoms with Crippen LogP contribution < -0.4 is 9.86 Å². The topological polar surface area (TPSA) is 106 Å². The summed E-state index contributed by atoms with van der Waals surface area (Å²) < 4.78 is 62.2. The molecule has 0 aliphatic heterocycles. The van der Waals surface area contributed by atoms with Crippen molar-refractivity contribution >= 4 is 37.3 Å². The van der Waals surface area contributed by atoms with E-state index in [0.29, 0.717) is 0 Å². The minimum Gasteiger partial charge on any atom is -0.277 e. The van der Waals surface area contributed by atoms with E-state index in [1.807, 2.05) is 4.72 Å². The van der Waals surface area contributed by atoms with Crippen molar-refractivity contribution in [2.24, 2.45) is 5.14 Å². The number of halogens is 2. The summed E-state index contributed by atoms with van der Waals surface area (Å²) in [5, 5.41) is 4.69. The van der Waals surface area contributed by atoms with E-state index in [9.17, 15) is 21.2 Å². The molecule has 0 heterocycles. The predicted molar refractivity (Wildman–Crippen MR) is 80.0 cm³/mol. The Bertz CT molecular complexity index is 913. The van der Waals surface area contributed by atoms with Gasteiger partial charge in [-0.05, 0) is 36.4 Å². The molecule has 0 radical (unpaired) electrons. The molecule has 0 amide bonds. The minimum absolute atomic E-state index is 0.232. The van der Waals surface area contributed by atoms with Crippen LogP contribution in [0.1, 0.15) is 0 Å². The standard InChI is InChI=1S/C12H10ClFN2O4S2/c13-10-2-1-3-11(12(10)14)16-22(19,20)9-6-4-8(5-7-9)21(15,17)18/h1-7,16H,(H2,15,17,18). The predicted octanol–water partition coefficient (Wildman–Crippen LogP) is 1.93. The molecule has 0 aromatic heterocycles. The molecule has 0 aliphatic rings. The normalized spacial score (nSPS) is 12.1. The first-order valence-electron chi connectivity index (χ1n) is 5.71. The summed E-state index contributed by atoms with van der Waals surface area (Å²) in [7, 11) is -8.03. The second kappa shape index (κ2) is 5.84. The highest BCUT2D eigenvalue weighted by molar-refractivity contribution is 7.92. The van der Waals surface area contributed by atoms with Gasteiger partial charge in [0, 0.05) is 0 Å². The fourth-order valence-corrected chi connectivity index (χ4v) is 3.34. The number of primary sulfonamides is 1. The average molecular weight is 365 g/mol. The molecule has 0 saturated heterocycles. The zero-order valence-electron chi connectivity index (χ0n) is 10.8. The molecule has 0 saturated carbocycles. The molecule has 2 aromatic rings. The molecule has 6 nitrogen and oxygen atoms in total. The van der Waals surface area contributed by atoms with E-state index in [4.69, 9.17) is 16.7 Å². The maximum atomic E-state index is 13.7. The number of rotatable bonds is 4. The maximum absolute atomic E-state index is 13.7. The molecule has 0 bridgehead atoms. The van der Waals surface area contributed by atoms with Crippen LogP contribution in [0, 0.1) is 5.82 Å². The lowest BCUT2D eigenvalue weighted by molar-refractivity contribution is 0.594. The van der Waals surface area contributed by atoms with Gasteiger partial charge in [0.05, 0.1) is 20.5 Å². The number of sulfonamides is 2. The molecule has 2 rings (SSSR count). The number of nitrogens with one attached hydrogen (secondary N) is 1. The van der Waals surface area contributed by atoms with Crippen molar-refractivity contribution in [1.29, 1.82) is 0 Å². The molecule has 118 valence electrons. The second-order valence-corrected chi connectivity index (χ2v) is 7.87. The summed E-state index contributed by atoms with van der Waals surface area (Å²) in [6, 6.07) is 8.03. The Morgan fingerprint density at radius 2 is 1.50 bits per heavy atom. The average Bonchev–Trinajstić information content (AvgIpc) is 2.43. The van der Waals surface area contributed by atoms with Crippen LogP contribution >= 0.6 is 11.6 Å². The molecule has 0 spiro atoms.